The molecule has 0 bridgehead atoms. The molecule has 0 amide bonds. The molecule has 28 heavy (non-hydrogen) atoms. The summed E-state index contributed by atoms with van der Waals surface area (Å²) in [5.41, 5.74) is -1.79. The van der Waals surface area contributed by atoms with E-state index in [0.717, 1.165) is 12.1 Å². The molecule has 2 aromatic rings. The van der Waals surface area contributed by atoms with E-state index in [1.165, 1.54) is 0 Å². The number of aromatic nitrogens is 3. The lowest BCUT2D eigenvalue weighted by Crippen LogP contribution is -2.47. The van der Waals surface area contributed by atoms with Gasteiger partial charge < -0.3 is 15.4 Å². The molecule has 11 heteroatoms. The summed E-state index contributed by atoms with van der Waals surface area (Å²) in [6.07, 6.45) is -5.41. The summed E-state index contributed by atoms with van der Waals surface area (Å²) in [4.78, 5) is 16.5. The highest BCUT2D eigenvalue weighted by Gasteiger charge is 2.31. The lowest BCUT2D eigenvalue weighted by molar-refractivity contribution is -0.137. The Kier molecular flexibility index (Phi) is 5.54. The van der Waals surface area contributed by atoms with Crippen molar-refractivity contribution in [2.75, 3.05) is 25.0 Å². The minimum Gasteiger partial charge on any atom is -0.507 e. The second kappa shape index (κ2) is 7.74. The van der Waals surface area contributed by atoms with E-state index >= 15 is 0 Å². The zero-order valence-corrected chi connectivity index (χ0v) is 14.9. The van der Waals surface area contributed by atoms with Gasteiger partial charge in [-0.15, -0.1) is 10.2 Å². The Morgan fingerprint density at radius 1 is 1.32 bits per heavy atom. The number of hydrogen-bond acceptors (Lipinski definition) is 6. The van der Waals surface area contributed by atoms with Crippen LogP contribution in [-0.4, -0.2) is 57.0 Å². The first-order chi connectivity index (χ1) is 13.2. The van der Waals surface area contributed by atoms with Crippen LogP contribution in [0.5, 0.6) is 5.75 Å². The van der Waals surface area contributed by atoms with Crippen LogP contribution in [0.4, 0.5) is 23.4 Å². The molecule has 0 unspecified atom stereocenters. The summed E-state index contributed by atoms with van der Waals surface area (Å²) < 4.78 is 51.9. The topological polar surface area (TPSA) is 94.1 Å². The Morgan fingerprint density at radius 3 is 2.68 bits per heavy atom. The first-order valence-electron chi connectivity index (χ1n) is 8.68. The Hall–Kier alpha value is -2.69. The number of likely N-dealkylation sites (tertiary alicyclic amines) is 1. The number of benzene rings is 1. The van der Waals surface area contributed by atoms with Gasteiger partial charge in [0.1, 0.15) is 11.9 Å². The summed E-state index contributed by atoms with van der Waals surface area (Å²) in [6, 6.07) is 1.98. The fourth-order valence-electron chi connectivity index (χ4n) is 3.14. The minimum atomic E-state index is -4.61. The number of aromatic amines is 1. The smallest absolute Gasteiger partial charge is 0.416 e. The van der Waals surface area contributed by atoms with Gasteiger partial charge in [-0.05, 0) is 24.7 Å². The number of aromatic hydroxyl groups is 1. The Morgan fingerprint density at radius 2 is 2.07 bits per heavy atom. The number of H-pyrrole nitrogens is 1. The molecule has 0 saturated carbocycles. The van der Waals surface area contributed by atoms with Gasteiger partial charge >= 0.3 is 6.18 Å². The van der Waals surface area contributed by atoms with Crippen molar-refractivity contribution in [2.45, 2.75) is 31.7 Å². The maximum Gasteiger partial charge on any atom is 0.416 e. The third kappa shape index (κ3) is 4.41. The molecule has 2 heterocycles. The van der Waals surface area contributed by atoms with Crippen LogP contribution < -0.4 is 10.9 Å². The number of phenolic OH excluding ortho intramolecular Hbond substituents is 1. The molecule has 1 aromatic heterocycles. The lowest BCUT2D eigenvalue weighted by atomic mass is 10.0. The number of nitrogens with zero attached hydrogens (tertiary/aromatic N) is 3. The summed E-state index contributed by atoms with van der Waals surface area (Å²) >= 11 is 0. The van der Waals surface area contributed by atoms with E-state index in [0.29, 0.717) is 25.7 Å². The SMILES string of the molecule is CCN1C[C@@H](F)C[C@@H](Nc2nnc(-c3ccc(C(F)(F)F)cc3O)[nH]c2=O)C1. The van der Waals surface area contributed by atoms with Crippen molar-refractivity contribution in [1.29, 1.82) is 0 Å². The highest BCUT2D eigenvalue weighted by molar-refractivity contribution is 5.64. The van der Waals surface area contributed by atoms with Crippen LogP contribution in [-0.2, 0) is 6.18 Å². The quantitative estimate of drug-likeness (QED) is 0.682. The van der Waals surface area contributed by atoms with Gasteiger partial charge in [0.05, 0.1) is 11.1 Å². The highest BCUT2D eigenvalue weighted by Crippen LogP contribution is 2.35. The van der Waals surface area contributed by atoms with E-state index in [1.54, 1.807) is 0 Å². The molecule has 2 atom stereocenters. The molecule has 152 valence electrons. The second-order valence-electron chi connectivity index (χ2n) is 6.61. The number of nitrogens with one attached hydrogen (secondary N) is 2. The van der Waals surface area contributed by atoms with Gasteiger partial charge in [-0.2, -0.15) is 13.2 Å². The van der Waals surface area contributed by atoms with Crippen LogP contribution in [0.1, 0.15) is 18.9 Å². The third-order valence-electron chi connectivity index (χ3n) is 4.54. The summed E-state index contributed by atoms with van der Waals surface area (Å²) in [5.74, 6) is -0.985. The number of phenols is 1. The van der Waals surface area contributed by atoms with Gasteiger partial charge in [0, 0.05) is 25.6 Å². The standard InChI is InChI=1S/C17H19F4N5O2/c1-2-26-7-10(18)6-11(8-26)22-15-16(28)23-14(24-25-15)12-4-3-9(5-13(12)27)17(19,20)21/h3-5,10-11,27H,2,6-8H2,1H3,(H,22,25)(H,23,24,28)/t10-,11+/m0/s1. The molecular formula is C17H19F4N5O2. The molecule has 0 radical (unpaired) electrons. The highest BCUT2D eigenvalue weighted by atomic mass is 19.4. The normalized spacial score (nSPS) is 20.9. The average molecular weight is 401 g/mol. The van der Waals surface area contributed by atoms with E-state index in [2.05, 4.69) is 20.5 Å². The van der Waals surface area contributed by atoms with Gasteiger partial charge in [0.25, 0.3) is 5.56 Å². The first-order valence-corrected chi connectivity index (χ1v) is 8.68. The predicted molar refractivity (Wildman–Crippen MR) is 93.8 cm³/mol. The van der Waals surface area contributed by atoms with Crippen molar-refractivity contribution in [1.82, 2.24) is 20.1 Å². The third-order valence-corrected chi connectivity index (χ3v) is 4.54. The maximum atomic E-state index is 13.8. The van der Waals surface area contributed by atoms with Crippen LogP contribution in [0.2, 0.25) is 0 Å². The molecule has 1 fully saturated rings. The van der Waals surface area contributed by atoms with Crippen LogP contribution >= 0.6 is 0 Å². The molecule has 1 aliphatic heterocycles. The largest absolute Gasteiger partial charge is 0.507 e. The van der Waals surface area contributed by atoms with Crippen molar-refractivity contribution >= 4 is 5.82 Å². The number of alkyl halides is 4. The van der Waals surface area contributed by atoms with Gasteiger partial charge in [-0.25, -0.2) is 4.39 Å². The Labute approximate surface area is 157 Å². The molecular weight excluding hydrogens is 382 g/mol. The number of anilines is 1. The fourth-order valence-corrected chi connectivity index (χ4v) is 3.14. The molecule has 0 aliphatic carbocycles. The van der Waals surface area contributed by atoms with E-state index in [-0.39, 0.29) is 29.7 Å². The maximum absolute atomic E-state index is 13.8. The summed E-state index contributed by atoms with van der Waals surface area (Å²) in [6.45, 7) is 3.46. The van der Waals surface area contributed by atoms with Crippen molar-refractivity contribution in [3.05, 3.63) is 34.1 Å². The van der Waals surface area contributed by atoms with Gasteiger partial charge in [0.15, 0.2) is 5.82 Å². The molecule has 7 nitrogen and oxygen atoms in total. The van der Waals surface area contributed by atoms with Crippen LogP contribution in [0.25, 0.3) is 11.4 Å². The van der Waals surface area contributed by atoms with Gasteiger partial charge in [-0.3, -0.25) is 9.69 Å². The summed E-state index contributed by atoms with van der Waals surface area (Å²) in [7, 11) is 0. The number of hydrogen-bond donors (Lipinski definition) is 3. The van der Waals surface area contributed by atoms with Crippen LogP contribution in [0, 0.1) is 0 Å². The number of halogens is 4. The van der Waals surface area contributed by atoms with Gasteiger partial charge in [0.2, 0.25) is 5.82 Å². The first kappa shape index (κ1) is 20.1. The fraction of sp³-hybridized carbons (Fsp3) is 0.471. The van der Waals surface area contributed by atoms with Crippen molar-refractivity contribution in [3.63, 3.8) is 0 Å². The van der Waals surface area contributed by atoms with Crippen molar-refractivity contribution in [3.8, 4) is 17.1 Å². The number of piperidine rings is 1. The summed E-state index contributed by atoms with van der Waals surface area (Å²) in [5, 5.41) is 20.2. The zero-order chi connectivity index (χ0) is 20.5. The van der Waals surface area contributed by atoms with E-state index in [4.69, 9.17) is 0 Å². The average Bonchev–Trinajstić information content (AvgIpc) is 2.62. The minimum absolute atomic E-state index is 0.0946. The predicted octanol–water partition coefficient (Wildman–Crippen LogP) is 2.40. The molecule has 1 saturated heterocycles. The second-order valence-corrected chi connectivity index (χ2v) is 6.61. The molecule has 1 aliphatic rings. The monoisotopic (exact) mass is 401 g/mol. The Balaban J connectivity index is 1.80. The van der Waals surface area contributed by atoms with E-state index in [1.807, 2.05) is 11.8 Å². The zero-order valence-electron chi connectivity index (χ0n) is 14.9. The van der Waals surface area contributed by atoms with Crippen molar-refractivity contribution < 1.29 is 22.7 Å². The van der Waals surface area contributed by atoms with Crippen molar-refractivity contribution in [2.24, 2.45) is 0 Å². The number of rotatable bonds is 4. The van der Waals surface area contributed by atoms with Crippen LogP contribution in [0.15, 0.2) is 23.0 Å². The molecule has 1 aromatic carbocycles. The number of likely N-dealkylation sites (N-methyl/N-ethyl adjacent to an activating group) is 1. The Bertz CT molecular complexity index is 902. The lowest BCUT2D eigenvalue weighted by Gasteiger charge is -2.34. The van der Waals surface area contributed by atoms with E-state index < -0.39 is 29.2 Å². The van der Waals surface area contributed by atoms with E-state index in [9.17, 15) is 27.5 Å². The van der Waals surface area contributed by atoms with Gasteiger partial charge in [-0.1, -0.05) is 6.92 Å². The molecule has 0 spiro atoms. The molecule has 3 N–H and O–H groups in total. The van der Waals surface area contributed by atoms with Crippen LogP contribution in [0.3, 0.4) is 0 Å². The molecule has 3 rings (SSSR count).